The number of anilines is 1. The van der Waals surface area contributed by atoms with Crippen molar-refractivity contribution in [2.45, 2.75) is 39.0 Å². The molecule has 1 aromatic carbocycles. The molecule has 0 atom stereocenters. The molecule has 0 bridgehead atoms. The van der Waals surface area contributed by atoms with Gasteiger partial charge in [-0.2, -0.15) is 0 Å². The maximum atomic E-state index is 11.9. The molecule has 2 N–H and O–H groups in total. The van der Waals surface area contributed by atoms with Crippen LogP contribution in [0.25, 0.3) is 10.2 Å². The Morgan fingerprint density at radius 2 is 2.14 bits per heavy atom. The molecule has 5 heteroatoms. The number of aromatic nitrogens is 1. The van der Waals surface area contributed by atoms with Crippen molar-refractivity contribution in [1.29, 1.82) is 0 Å². The van der Waals surface area contributed by atoms with Crippen LogP contribution in [-0.2, 0) is 10.2 Å². The summed E-state index contributed by atoms with van der Waals surface area (Å²) in [5.74, 6) is 0.803. The maximum Gasteiger partial charge on any atom is 0.238 e. The molecule has 1 heterocycles. The number of hydrogen-bond donors (Lipinski definition) is 2. The van der Waals surface area contributed by atoms with Crippen LogP contribution in [0.2, 0.25) is 0 Å². The molecule has 22 heavy (non-hydrogen) atoms. The Hall–Kier alpha value is -1.46. The third-order valence-electron chi connectivity index (χ3n) is 3.73. The Bertz CT molecular complexity index is 683. The molecule has 3 rings (SSSR count). The van der Waals surface area contributed by atoms with Crippen LogP contribution in [0.4, 0.5) is 5.69 Å². The molecule has 0 spiro atoms. The second-order valence-electron chi connectivity index (χ2n) is 7.07. The van der Waals surface area contributed by atoms with E-state index in [0.29, 0.717) is 6.54 Å². The molecule has 1 aliphatic carbocycles. The van der Waals surface area contributed by atoms with Gasteiger partial charge in [0.25, 0.3) is 0 Å². The van der Waals surface area contributed by atoms with Crippen molar-refractivity contribution >= 4 is 33.1 Å². The molecular weight excluding hydrogens is 294 g/mol. The van der Waals surface area contributed by atoms with Gasteiger partial charge in [-0.15, -0.1) is 11.3 Å². The van der Waals surface area contributed by atoms with Gasteiger partial charge in [-0.1, -0.05) is 20.8 Å². The van der Waals surface area contributed by atoms with E-state index in [1.165, 1.54) is 12.8 Å². The van der Waals surface area contributed by atoms with E-state index in [1.54, 1.807) is 11.3 Å². The molecule has 1 aliphatic rings. The Labute approximate surface area is 135 Å². The zero-order valence-corrected chi connectivity index (χ0v) is 14.2. The van der Waals surface area contributed by atoms with Crippen LogP contribution in [0.15, 0.2) is 18.2 Å². The van der Waals surface area contributed by atoms with Gasteiger partial charge < -0.3 is 10.6 Å². The van der Waals surface area contributed by atoms with Gasteiger partial charge >= 0.3 is 0 Å². The number of amides is 1. The summed E-state index contributed by atoms with van der Waals surface area (Å²) < 4.78 is 1.12. The number of nitrogens with zero attached hydrogens (tertiary/aromatic N) is 1. The fourth-order valence-electron chi connectivity index (χ4n) is 2.24. The van der Waals surface area contributed by atoms with Gasteiger partial charge in [-0.05, 0) is 43.5 Å². The van der Waals surface area contributed by atoms with E-state index in [2.05, 4.69) is 36.4 Å². The lowest BCUT2D eigenvalue weighted by molar-refractivity contribution is -0.115. The molecular formula is C17H23N3OS. The fourth-order valence-corrected chi connectivity index (χ4v) is 3.30. The third-order valence-corrected chi connectivity index (χ3v) is 5.17. The van der Waals surface area contributed by atoms with E-state index < -0.39 is 0 Å². The molecule has 1 fully saturated rings. The highest BCUT2D eigenvalue weighted by atomic mass is 32.1. The van der Waals surface area contributed by atoms with E-state index in [4.69, 9.17) is 0 Å². The van der Waals surface area contributed by atoms with Crippen LogP contribution in [0.1, 0.15) is 38.6 Å². The van der Waals surface area contributed by atoms with Gasteiger partial charge in [0, 0.05) is 11.1 Å². The summed E-state index contributed by atoms with van der Waals surface area (Å²) in [6.45, 7) is 7.83. The Morgan fingerprint density at radius 1 is 1.36 bits per heavy atom. The van der Waals surface area contributed by atoms with Gasteiger partial charge in [-0.3, -0.25) is 4.79 Å². The van der Waals surface area contributed by atoms with Crippen molar-refractivity contribution in [3.05, 3.63) is 23.2 Å². The van der Waals surface area contributed by atoms with Gasteiger partial charge in [0.1, 0.15) is 0 Å². The molecule has 1 amide bonds. The summed E-state index contributed by atoms with van der Waals surface area (Å²) in [5.41, 5.74) is 1.90. The topological polar surface area (TPSA) is 54.0 Å². The normalized spacial score (nSPS) is 15.2. The summed E-state index contributed by atoms with van der Waals surface area (Å²) >= 11 is 1.70. The Balaban J connectivity index is 1.64. The zero-order valence-electron chi connectivity index (χ0n) is 13.4. The van der Waals surface area contributed by atoms with Crippen molar-refractivity contribution in [1.82, 2.24) is 10.3 Å². The summed E-state index contributed by atoms with van der Waals surface area (Å²) in [6.07, 6.45) is 2.60. The summed E-state index contributed by atoms with van der Waals surface area (Å²) in [4.78, 5) is 16.6. The molecule has 0 radical (unpaired) electrons. The zero-order chi connectivity index (χ0) is 15.7. The number of fused-ring (bicyclic) bond motifs is 1. The standard InChI is InChI=1S/C17H23N3OS/c1-17(2,3)16-20-13-7-6-12(8-14(13)22-16)19-15(21)10-18-9-11-4-5-11/h6-8,11,18H,4-5,9-10H2,1-3H3,(H,19,21). The number of benzene rings is 1. The predicted molar refractivity (Wildman–Crippen MR) is 92.5 cm³/mol. The molecule has 0 saturated heterocycles. The van der Waals surface area contributed by atoms with E-state index in [0.717, 1.165) is 33.4 Å². The van der Waals surface area contributed by atoms with Crippen LogP contribution >= 0.6 is 11.3 Å². The fraction of sp³-hybridized carbons (Fsp3) is 0.529. The molecule has 118 valence electrons. The predicted octanol–water partition coefficient (Wildman–Crippen LogP) is 3.53. The minimum Gasteiger partial charge on any atom is -0.325 e. The van der Waals surface area contributed by atoms with Crippen molar-refractivity contribution in [2.75, 3.05) is 18.4 Å². The molecule has 1 aromatic heterocycles. The van der Waals surface area contributed by atoms with Gasteiger partial charge in [0.2, 0.25) is 5.91 Å². The lowest BCUT2D eigenvalue weighted by Crippen LogP contribution is -2.29. The number of carbonyl (C=O) groups excluding carboxylic acids is 1. The van der Waals surface area contributed by atoms with Crippen molar-refractivity contribution in [2.24, 2.45) is 5.92 Å². The molecule has 4 nitrogen and oxygen atoms in total. The van der Waals surface area contributed by atoms with E-state index >= 15 is 0 Å². The SMILES string of the molecule is CC(C)(C)c1nc2ccc(NC(=O)CNCC3CC3)cc2s1. The van der Waals surface area contributed by atoms with Crippen molar-refractivity contribution < 1.29 is 4.79 Å². The summed E-state index contributed by atoms with van der Waals surface area (Å²) in [5, 5.41) is 7.28. The first-order chi connectivity index (χ1) is 10.4. The van der Waals surface area contributed by atoms with Crippen molar-refractivity contribution in [3.63, 3.8) is 0 Å². The van der Waals surface area contributed by atoms with Crippen LogP contribution < -0.4 is 10.6 Å². The average molecular weight is 317 g/mol. The quantitative estimate of drug-likeness (QED) is 0.887. The number of nitrogens with one attached hydrogen (secondary N) is 2. The minimum atomic E-state index is 0.0144. The second-order valence-corrected chi connectivity index (χ2v) is 8.10. The first-order valence-electron chi connectivity index (χ1n) is 7.83. The van der Waals surface area contributed by atoms with E-state index in [1.807, 2.05) is 18.2 Å². The number of rotatable bonds is 5. The van der Waals surface area contributed by atoms with Gasteiger partial charge in [-0.25, -0.2) is 4.98 Å². The summed E-state index contributed by atoms with van der Waals surface area (Å²) in [7, 11) is 0. The highest BCUT2D eigenvalue weighted by Gasteiger charge is 2.21. The highest BCUT2D eigenvalue weighted by Crippen LogP contribution is 2.32. The van der Waals surface area contributed by atoms with Gasteiger partial charge in [0.15, 0.2) is 0 Å². The Morgan fingerprint density at radius 3 is 2.82 bits per heavy atom. The first-order valence-corrected chi connectivity index (χ1v) is 8.65. The van der Waals surface area contributed by atoms with Crippen LogP contribution in [0.5, 0.6) is 0 Å². The maximum absolute atomic E-state index is 11.9. The third kappa shape index (κ3) is 3.84. The molecule has 2 aromatic rings. The largest absolute Gasteiger partial charge is 0.325 e. The lowest BCUT2D eigenvalue weighted by Gasteiger charge is -2.13. The summed E-state index contributed by atoms with van der Waals surface area (Å²) in [6, 6.07) is 5.92. The van der Waals surface area contributed by atoms with Crippen LogP contribution in [0.3, 0.4) is 0 Å². The van der Waals surface area contributed by atoms with E-state index in [-0.39, 0.29) is 11.3 Å². The smallest absolute Gasteiger partial charge is 0.238 e. The van der Waals surface area contributed by atoms with Crippen molar-refractivity contribution in [3.8, 4) is 0 Å². The van der Waals surface area contributed by atoms with Crippen LogP contribution in [0, 0.1) is 5.92 Å². The minimum absolute atomic E-state index is 0.0144. The number of hydrogen-bond acceptors (Lipinski definition) is 4. The first kappa shape index (κ1) is 15.4. The number of carbonyl (C=O) groups is 1. The molecule has 0 aliphatic heterocycles. The lowest BCUT2D eigenvalue weighted by atomic mass is 9.98. The highest BCUT2D eigenvalue weighted by molar-refractivity contribution is 7.18. The average Bonchev–Trinajstić information content (AvgIpc) is 3.14. The van der Waals surface area contributed by atoms with Crippen LogP contribution in [-0.4, -0.2) is 24.0 Å². The Kier molecular flexibility index (Phi) is 4.19. The number of thiazole rings is 1. The van der Waals surface area contributed by atoms with Gasteiger partial charge in [0.05, 0.1) is 21.8 Å². The molecule has 1 saturated carbocycles. The molecule has 0 unspecified atom stereocenters. The monoisotopic (exact) mass is 317 g/mol. The second kappa shape index (κ2) is 5.97. The van der Waals surface area contributed by atoms with E-state index in [9.17, 15) is 4.79 Å².